The molecule has 4 nitrogen and oxygen atoms in total. The summed E-state index contributed by atoms with van der Waals surface area (Å²) in [5.41, 5.74) is 1.01. The summed E-state index contributed by atoms with van der Waals surface area (Å²) in [4.78, 5) is 6.93. The zero-order valence-corrected chi connectivity index (χ0v) is 6.73. The number of aliphatic hydroxyl groups excluding tert-OH is 1. The topological polar surface area (TPSA) is 58.1 Å². The van der Waals surface area contributed by atoms with Crippen molar-refractivity contribution >= 4 is 0 Å². The Balaban J connectivity index is 2.00. The number of aromatic nitrogens is 2. The predicted molar refractivity (Wildman–Crippen MR) is 42.5 cm³/mol. The highest BCUT2D eigenvalue weighted by Crippen LogP contribution is 2.30. The van der Waals surface area contributed by atoms with E-state index in [1.165, 1.54) is 0 Å². The van der Waals surface area contributed by atoms with Crippen LogP contribution in [0.2, 0.25) is 0 Å². The minimum absolute atomic E-state index is 0.0123. The van der Waals surface area contributed by atoms with E-state index in [2.05, 4.69) is 9.97 Å². The van der Waals surface area contributed by atoms with Gasteiger partial charge in [0.15, 0.2) is 0 Å². The van der Waals surface area contributed by atoms with Crippen molar-refractivity contribution in [2.75, 3.05) is 6.61 Å². The van der Waals surface area contributed by atoms with Gasteiger partial charge in [-0.05, 0) is 12.8 Å². The predicted octanol–water partition coefficient (Wildman–Crippen LogP) is 0.622. The van der Waals surface area contributed by atoms with Crippen molar-refractivity contribution in [2.24, 2.45) is 0 Å². The lowest BCUT2D eigenvalue weighted by Crippen LogP contribution is -2.11. The van der Waals surface area contributed by atoms with E-state index >= 15 is 0 Å². The fraction of sp³-hybridized carbons (Fsp3) is 0.625. The van der Waals surface area contributed by atoms with Gasteiger partial charge < -0.3 is 14.8 Å². The monoisotopic (exact) mass is 168 g/mol. The second kappa shape index (κ2) is 3.25. The summed E-state index contributed by atoms with van der Waals surface area (Å²) in [6.07, 6.45) is 5.42. The molecule has 2 heterocycles. The molecule has 1 fully saturated rings. The van der Waals surface area contributed by atoms with Gasteiger partial charge in [0.05, 0.1) is 37.0 Å². The average molecular weight is 168 g/mol. The van der Waals surface area contributed by atoms with E-state index in [0.717, 1.165) is 18.5 Å². The first-order valence-electron chi connectivity index (χ1n) is 4.14. The first-order valence-corrected chi connectivity index (χ1v) is 4.14. The summed E-state index contributed by atoms with van der Waals surface area (Å²) in [6.45, 7) is 0.116. The SMILES string of the molecule is OC[C@H]1CC[C@H](c2cnc[nH]2)O1. The summed E-state index contributed by atoms with van der Waals surface area (Å²) in [7, 11) is 0. The van der Waals surface area contributed by atoms with Crippen molar-refractivity contribution in [1.29, 1.82) is 0 Å². The van der Waals surface area contributed by atoms with Crippen LogP contribution >= 0.6 is 0 Å². The Kier molecular flexibility index (Phi) is 2.10. The number of nitrogens with zero attached hydrogens (tertiary/aromatic N) is 1. The number of aromatic amines is 1. The number of rotatable bonds is 2. The van der Waals surface area contributed by atoms with Gasteiger partial charge in [-0.1, -0.05) is 0 Å². The third-order valence-electron chi connectivity index (χ3n) is 2.18. The van der Waals surface area contributed by atoms with Crippen LogP contribution in [0, 0.1) is 0 Å². The molecule has 0 spiro atoms. The maximum Gasteiger partial charge on any atom is 0.0994 e. The van der Waals surface area contributed by atoms with E-state index < -0.39 is 0 Å². The van der Waals surface area contributed by atoms with E-state index in [9.17, 15) is 0 Å². The molecule has 4 heteroatoms. The number of hydrogen-bond acceptors (Lipinski definition) is 3. The van der Waals surface area contributed by atoms with Crippen molar-refractivity contribution < 1.29 is 9.84 Å². The largest absolute Gasteiger partial charge is 0.394 e. The third kappa shape index (κ3) is 1.35. The highest BCUT2D eigenvalue weighted by Gasteiger charge is 2.26. The van der Waals surface area contributed by atoms with Crippen LogP contribution in [0.1, 0.15) is 24.6 Å². The second-order valence-corrected chi connectivity index (χ2v) is 3.01. The minimum Gasteiger partial charge on any atom is -0.394 e. The van der Waals surface area contributed by atoms with Gasteiger partial charge in [0.1, 0.15) is 0 Å². The van der Waals surface area contributed by atoms with Crippen LogP contribution in [-0.4, -0.2) is 27.8 Å². The van der Waals surface area contributed by atoms with E-state index in [1.54, 1.807) is 12.5 Å². The van der Waals surface area contributed by atoms with Gasteiger partial charge in [0, 0.05) is 0 Å². The fourth-order valence-electron chi connectivity index (χ4n) is 1.51. The molecular formula is C8H12N2O2. The quantitative estimate of drug-likeness (QED) is 0.680. The molecule has 0 saturated carbocycles. The number of hydrogen-bond donors (Lipinski definition) is 2. The number of imidazole rings is 1. The number of H-pyrrole nitrogens is 1. The second-order valence-electron chi connectivity index (χ2n) is 3.01. The molecule has 2 atom stereocenters. The Morgan fingerprint density at radius 2 is 2.58 bits per heavy atom. The lowest BCUT2D eigenvalue weighted by molar-refractivity contribution is 0.00940. The van der Waals surface area contributed by atoms with Crippen molar-refractivity contribution in [3.63, 3.8) is 0 Å². The van der Waals surface area contributed by atoms with E-state index in [4.69, 9.17) is 9.84 Å². The first kappa shape index (κ1) is 7.76. The number of ether oxygens (including phenoxy) is 1. The Morgan fingerprint density at radius 3 is 3.17 bits per heavy atom. The smallest absolute Gasteiger partial charge is 0.0994 e. The normalized spacial score (nSPS) is 29.4. The highest BCUT2D eigenvalue weighted by atomic mass is 16.5. The maximum absolute atomic E-state index is 8.83. The fourth-order valence-corrected chi connectivity index (χ4v) is 1.51. The minimum atomic E-state index is 0.0123. The van der Waals surface area contributed by atoms with Crippen molar-refractivity contribution in [3.8, 4) is 0 Å². The zero-order chi connectivity index (χ0) is 8.39. The molecule has 1 aliphatic heterocycles. The molecule has 1 aromatic rings. The molecule has 66 valence electrons. The lowest BCUT2D eigenvalue weighted by Gasteiger charge is -2.09. The van der Waals surface area contributed by atoms with E-state index in [-0.39, 0.29) is 18.8 Å². The molecular weight excluding hydrogens is 156 g/mol. The molecule has 0 amide bonds. The van der Waals surface area contributed by atoms with Gasteiger partial charge in [0.2, 0.25) is 0 Å². The van der Waals surface area contributed by atoms with Gasteiger partial charge >= 0.3 is 0 Å². The molecule has 2 rings (SSSR count). The summed E-state index contributed by atoms with van der Waals surface area (Å²) in [6, 6.07) is 0. The number of aliphatic hydroxyl groups is 1. The van der Waals surface area contributed by atoms with E-state index in [0.29, 0.717) is 0 Å². The van der Waals surface area contributed by atoms with Crippen LogP contribution in [-0.2, 0) is 4.74 Å². The molecule has 0 aliphatic carbocycles. The standard InChI is InChI=1S/C8H12N2O2/c11-4-6-1-2-8(12-6)7-3-9-5-10-7/h3,5-6,8,11H,1-2,4H2,(H,9,10)/t6-,8-/m1/s1. The summed E-state index contributed by atoms with van der Waals surface area (Å²) < 4.78 is 5.53. The number of nitrogens with one attached hydrogen (secondary N) is 1. The van der Waals surface area contributed by atoms with Crippen LogP contribution < -0.4 is 0 Å². The summed E-state index contributed by atoms with van der Waals surface area (Å²) in [5.74, 6) is 0. The Labute approximate surface area is 70.6 Å². The van der Waals surface area contributed by atoms with Crippen LogP contribution in [0.15, 0.2) is 12.5 Å². The molecule has 1 saturated heterocycles. The van der Waals surface area contributed by atoms with Crippen LogP contribution in [0.4, 0.5) is 0 Å². The Morgan fingerprint density at radius 1 is 1.67 bits per heavy atom. The zero-order valence-electron chi connectivity index (χ0n) is 6.73. The van der Waals surface area contributed by atoms with Crippen molar-refractivity contribution in [1.82, 2.24) is 9.97 Å². The molecule has 0 bridgehead atoms. The summed E-state index contributed by atoms with van der Waals surface area (Å²) >= 11 is 0. The van der Waals surface area contributed by atoms with Gasteiger partial charge in [-0.15, -0.1) is 0 Å². The molecule has 1 aliphatic rings. The maximum atomic E-state index is 8.83. The molecule has 12 heavy (non-hydrogen) atoms. The van der Waals surface area contributed by atoms with Crippen molar-refractivity contribution in [2.45, 2.75) is 25.0 Å². The molecule has 0 unspecified atom stereocenters. The third-order valence-corrected chi connectivity index (χ3v) is 2.18. The van der Waals surface area contributed by atoms with Gasteiger partial charge in [-0.3, -0.25) is 0 Å². The van der Waals surface area contributed by atoms with Crippen LogP contribution in [0.25, 0.3) is 0 Å². The van der Waals surface area contributed by atoms with Crippen molar-refractivity contribution in [3.05, 3.63) is 18.2 Å². The molecule has 2 N–H and O–H groups in total. The van der Waals surface area contributed by atoms with Gasteiger partial charge in [0.25, 0.3) is 0 Å². The van der Waals surface area contributed by atoms with Gasteiger partial charge in [-0.2, -0.15) is 0 Å². The average Bonchev–Trinajstić information content (AvgIpc) is 2.75. The van der Waals surface area contributed by atoms with Crippen LogP contribution in [0.5, 0.6) is 0 Å². The van der Waals surface area contributed by atoms with Gasteiger partial charge in [-0.25, -0.2) is 4.98 Å². The van der Waals surface area contributed by atoms with Crippen LogP contribution in [0.3, 0.4) is 0 Å². The molecule has 1 aromatic heterocycles. The Hall–Kier alpha value is -0.870. The lowest BCUT2D eigenvalue weighted by atomic mass is 10.2. The highest BCUT2D eigenvalue weighted by molar-refractivity contribution is 5.01. The molecule has 0 aromatic carbocycles. The van der Waals surface area contributed by atoms with E-state index in [1.807, 2.05) is 0 Å². The molecule has 0 radical (unpaired) electrons. The Bertz CT molecular complexity index is 235. The summed E-state index contributed by atoms with van der Waals surface area (Å²) in [5, 5.41) is 8.83. The first-order chi connectivity index (χ1) is 5.90.